The molecule has 0 radical (unpaired) electrons. The maximum Gasteiger partial charge on any atom is 0.124 e. The Hall–Kier alpha value is -0.410. The molecule has 0 heterocycles. The summed E-state index contributed by atoms with van der Waals surface area (Å²) in [5, 5.41) is 3.37. The van der Waals surface area contributed by atoms with Crippen molar-refractivity contribution >= 4 is 15.9 Å². The quantitative estimate of drug-likeness (QED) is 0.668. The fraction of sp³-hybridized carbons (Fsp3) is 0.625. The first-order chi connectivity index (χ1) is 9.12. The molecule has 3 heteroatoms. The molecule has 1 aromatic rings. The second kappa shape index (κ2) is 8.70. The fourth-order valence-corrected chi connectivity index (χ4v) is 3.13. The lowest BCUT2D eigenvalue weighted by Gasteiger charge is -2.23. The average Bonchev–Trinajstić information content (AvgIpc) is 2.40. The van der Waals surface area contributed by atoms with E-state index in [0.29, 0.717) is 0 Å². The highest BCUT2D eigenvalue weighted by atomic mass is 79.9. The molecule has 0 aliphatic heterocycles. The third-order valence-electron chi connectivity index (χ3n) is 3.80. The number of nitrogens with one attached hydrogen (secondary N) is 1. The number of benzene rings is 1. The van der Waals surface area contributed by atoms with Gasteiger partial charge in [-0.05, 0) is 37.1 Å². The maximum absolute atomic E-state index is 13.2. The molecule has 0 saturated heterocycles. The van der Waals surface area contributed by atoms with E-state index in [9.17, 15) is 4.39 Å². The predicted molar refractivity (Wildman–Crippen MR) is 83.8 cm³/mol. The van der Waals surface area contributed by atoms with Gasteiger partial charge in [0.2, 0.25) is 0 Å². The minimum absolute atomic E-state index is 0.191. The lowest BCUT2D eigenvalue weighted by Crippen LogP contribution is -2.20. The van der Waals surface area contributed by atoms with Crippen molar-refractivity contribution in [3.63, 3.8) is 0 Å². The summed E-state index contributed by atoms with van der Waals surface area (Å²) in [5.74, 6) is 0.540. The van der Waals surface area contributed by atoms with Crippen molar-refractivity contribution in [2.75, 3.05) is 7.05 Å². The van der Waals surface area contributed by atoms with Gasteiger partial charge in [-0.25, -0.2) is 4.39 Å². The molecule has 19 heavy (non-hydrogen) atoms. The van der Waals surface area contributed by atoms with Crippen molar-refractivity contribution in [2.45, 2.75) is 52.0 Å². The minimum atomic E-state index is -0.191. The molecule has 0 aliphatic carbocycles. The Morgan fingerprint density at radius 2 is 2.05 bits per heavy atom. The minimum Gasteiger partial charge on any atom is -0.313 e. The molecular formula is C16H25BrFN. The molecule has 0 fully saturated rings. The number of hydrogen-bond acceptors (Lipinski definition) is 1. The van der Waals surface area contributed by atoms with Crippen molar-refractivity contribution in [3.8, 4) is 0 Å². The van der Waals surface area contributed by atoms with Gasteiger partial charge >= 0.3 is 0 Å². The van der Waals surface area contributed by atoms with E-state index in [1.807, 2.05) is 13.1 Å². The van der Waals surface area contributed by atoms with Crippen molar-refractivity contribution < 1.29 is 4.39 Å². The summed E-state index contributed by atoms with van der Waals surface area (Å²) in [6, 6.07) is 5.26. The van der Waals surface area contributed by atoms with Crippen LogP contribution in [0.25, 0.3) is 0 Å². The van der Waals surface area contributed by atoms with Crippen LogP contribution in [0.5, 0.6) is 0 Å². The summed E-state index contributed by atoms with van der Waals surface area (Å²) in [6.07, 6.45) is 6.14. The molecule has 2 unspecified atom stereocenters. The van der Waals surface area contributed by atoms with Crippen LogP contribution >= 0.6 is 15.9 Å². The molecule has 0 amide bonds. The fourth-order valence-electron chi connectivity index (χ4n) is 2.50. The van der Waals surface area contributed by atoms with E-state index in [0.717, 1.165) is 22.4 Å². The van der Waals surface area contributed by atoms with Gasteiger partial charge in [0, 0.05) is 10.5 Å². The molecule has 1 nitrogen and oxygen atoms in total. The predicted octanol–water partition coefficient (Wildman–Crippen LogP) is 5.46. The summed E-state index contributed by atoms with van der Waals surface area (Å²) in [5.41, 5.74) is 1.15. The Kier molecular flexibility index (Phi) is 7.62. The smallest absolute Gasteiger partial charge is 0.124 e. The van der Waals surface area contributed by atoms with Crippen molar-refractivity contribution in [1.29, 1.82) is 0 Å². The molecular weight excluding hydrogens is 305 g/mol. The van der Waals surface area contributed by atoms with Crippen LogP contribution in [-0.2, 0) is 0 Å². The van der Waals surface area contributed by atoms with Crippen LogP contribution in [0.2, 0.25) is 0 Å². The summed E-state index contributed by atoms with van der Waals surface area (Å²) in [7, 11) is 1.98. The van der Waals surface area contributed by atoms with Gasteiger partial charge in [-0.2, -0.15) is 0 Å². The molecule has 0 aliphatic rings. The number of unbranched alkanes of at least 4 members (excludes halogenated alkanes) is 1. The van der Waals surface area contributed by atoms with Gasteiger partial charge in [0.15, 0.2) is 0 Å². The van der Waals surface area contributed by atoms with Crippen LogP contribution in [0, 0.1) is 11.7 Å². The van der Waals surface area contributed by atoms with Crippen LogP contribution in [0.1, 0.15) is 57.6 Å². The summed E-state index contributed by atoms with van der Waals surface area (Å²) >= 11 is 3.47. The van der Waals surface area contributed by atoms with E-state index in [2.05, 4.69) is 35.1 Å². The molecule has 1 rings (SSSR count). The zero-order chi connectivity index (χ0) is 14.3. The molecule has 2 atom stereocenters. The normalized spacial score (nSPS) is 14.4. The SMILES string of the molecule is CCCCC(CC)CC(NC)c1ccc(F)cc1Br. The average molecular weight is 330 g/mol. The monoisotopic (exact) mass is 329 g/mol. The maximum atomic E-state index is 13.2. The molecule has 0 aromatic heterocycles. The van der Waals surface area contributed by atoms with Gasteiger partial charge in [0.05, 0.1) is 0 Å². The highest BCUT2D eigenvalue weighted by Crippen LogP contribution is 2.31. The van der Waals surface area contributed by atoms with E-state index in [1.54, 1.807) is 6.07 Å². The van der Waals surface area contributed by atoms with E-state index in [1.165, 1.54) is 31.7 Å². The molecule has 0 saturated carbocycles. The number of halogens is 2. The second-order valence-electron chi connectivity index (χ2n) is 5.16. The highest BCUT2D eigenvalue weighted by Gasteiger charge is 2.17. The van der Waals surface area contributed by atoms with Crippen LogP contribution < -0.4 is 5.32 Å². The molecule has 0 bridgehead atoms. The Morgan fingerprint density at radius 3 is 2.58 bits per heavy atom. The van der Waals surface area contributed by atoms with Crippen LogP contribution in [0.3, 0.4) is 0 Å². The standard InChI is InChI=1S/C16H25BrFN/c1-4-6-7-12(5-2)10-16(19-3)14-9-8-13(18)11-15(14)17/h8-9,11-12,16,19H,4-7,10H2,1-3H3. The topological polar surface area (TPSA) is 12.0 Å². The van der Waals surface area contributed by atoms with Gasteiger partial charge in [0.25, 0.3) is 0 Å². The van der Waals surface area contributed by atoms with Crippen LogP contribution in [0.4, 0.5) is 4.39 Å². The van der Waals surface area contributed by atoms with E-state index in [-0.39, 0.29) is 11.9 Å². The number of rotatable bonds is 8. The first-order valence-electron chi connectivity index (χ1n) is 7.24. The lowest BCUT2D eigenvalue weighted by atomic mass is 9.89. The Labute approximate surface area is 125 Å². The van der Waals surface area contributed by atoms with Gasteiger partial charge in [0.1, 0.15) is 5.82 Å². The molecule has 0 spiro atoms. The first-order valence-corrected chi connectivity index (χ1v) is 8.03. The van der Waals surface area contributed by atoms with Gasteiger partial charge in [-0.15, -0.1) is 0 Å². The summed E-state index contributed by atoms with van der Waals surface area (Å²) in [4.78, 5) is 0. The van der Waals surface area contributed by atoms with E-state index >= 15 is 0 Å². The zero-order valence-electron chi connectivity index (χ0n) is 12.2. The first kappa shape index (κ1) is 16.6. The Balaban J connectivity index is 2.76. The summed E-state index contributed by atoms with van der Waals surface area (Å²) < 4.78 is 14.0. The number of hydrogen-bond donors (Lipinski definition) is 1. The largest absolute Gasteiger partial charge is 0.313 e. The van der Waals surface area contributed by atoms with E-state index in [4.69, 9.17) is 0 Å². The summed E-state index contributed by atoms with van der Waals surface area (Å²) in [6.45, 7) is 4.49. The molecule has 1 aromatic carbocycles. The third-order valence-corrected chi connectivity index (χ3v) is 4.49. The van der Waals surface area contributed by atoms with Gasteiger partial charge < -0.3 is 5.32 Å². The molecule has 1 N–H and O–H groups in total. The van der Waals surface area contributed by atoms with Crippen molar-refractivity contribution in [2.24, 2.45) is 5.92 Å². The van der Waals surface area contributed by atoms with Gasteiger partial charge in [-0.3, -0.25) is 0 Å². The van der Waals surface area contributed by atoms with Gasteiger partial charge in [-0.1, -0.05) is 61.5 Å². The van der Waals surface area contributed by atoms with Crippen molar-refractivity contribution in [1.82, 2.24) is 5.32 Å². The second-order valence-corrected chi connectivity index (χ2v) is 6.01. The Morgan fingerprint density at radius 1 is 1.32 bits per heavy atom. The lowest BCUT2D eigenvalue weighted by molar-refractivity contribution is 0.364. The molecule has 108 valence electrons. The van der Waals surface area contributed by atoms with Crippen LogP contribution in [-0.4, -0.2) is 7.05 Å². The van der Waals surface area contributed by atoms with Crippen molar-refractivity contribution in [3.05, 3.63) is 34.1 Å². The van der Waals surface area contributed by atoms with E-state index < -0.39 is 0 Å². The highest BCUT2D eigenvalue weighted by molar-refractivity contribution is 9.10. The third kappa shape index (κ3) is 5.23. The zero-order valence-corrected chi connectivity index (χ0v) is 13.8. The Bertz CT molecular complexity index is 381. The van der Waals surface area contributed by atoms with Crippen LogP contribution in [0.15, 0.2) is 22.7 Å².